The van der Waals surface area contributed by atoms with Gasteiger partial charge in [-0.05, 0) is 74.9 Å². The average molecular weight is 380 g/mol. The van der Waals surface area contributed by atoms with E-state index in [0.717, 1.165) is 43.0 Å². The van der Waals surface area contributed by atoms with Crippen LogP contribution in [0.2, 0.25) is 0 Å². The van der Waals surface area contributed by atoms with Gasteiger partial charge in [-0.3, -0.25) is 19.6 Å². The van der Waals surface area contributed by atoms with Crippen LogP contribution in [0.4, 0.5) is 5.82 Å². The van der Waals surface area contributed by atoms with E-state index in [1.807, 2.05) is 12.3 Å². The Morgan fingerprint density at radius 3 is 2.75 bits per heavy atom. The van der Waals surface area contributed by atoms with Crippen LogP contribution in [0.25, 0.3) is 0 Å². The molecule has 0 N–H and O–H groups in total. The Morgan fingerprint density at radius 1 is 1.18 bits per heavy atom. The third-order valence-electron chi connectivity index (χ3n) is 5.61. The Labute approximate surface area is 166 Å². The highest BCUT2D eigenvalue weighted by Gasteiger charge is 2.25. The zero-order chi connectivity index (χ0) is 19.7. The van der Waals surface area contributed by atoms with Crippen molar-refractivity contribution in [2.45, 2.75) is 39.7 Å². The van der Waals surface area contributed by atoms with Gasteiger partial charge in [0.15, 0.2) is 18.2 Å². The van der Waals surface area contributed by atoms with Crippen molar-refractivity contribution >= 4 is 11.7 Å². The number of anilines is 1. The monoisotopic (exact) mass is 380 g/mol. The number of carbonyl (C=O) groups is 1. The van der Waals surface area contributed by atoms with Crippen LogP contribution in [0, 0.1) is 19.8 Å². The second-order valence-electron chi connectivity index (χ2n) is 8.11. The number of likely N-dealkylation sites (N-methyl/N-ethyl adjacent to an activating group) is 1. The molecule has 4 rings (SSSR count). The summed E-state index contributed by atoms with van der Waals surface area (Å²) in [6.07, 6.45) is 5.48. The number of ether oxygens (including phenoxy) is 1. The van der Waals surface area contributed by atoms with Crippen molar-refractivity contribution in [2.24, 2.45) is 5.92 Å². The normalized spacial score (nSPS) is 20.0. The number of amides is 1. The van der Waals surface area contributed by atoms with Gasteiger partial charge in [0.05, 0.1) is 0 Å². The fourth-order valence-electron chi connectivity index (χ4n) is 4.37. The Morgan fingerprint density at radius 2 is 1.96 bits per heavy atom. The molecule has 0 radical (unpaired) electrons. The highest BCUT2D eigenvalue weighted by atomic mass is 16.5. The number of hydrogen-bond donors (Lipinski definition) is 0. The van der Waals surface area contributed by atoms with Gasteiger partial charge >= 0.3 is 0 Å². The molecule has 2 aliphatic heterocycles. The van der Waals surface area contributed by atoms with Crippen molar-refractivity contribution < 1.29 is 9.53 Å². The average Bonchev–Trinajstić information content (AvgIpc) is 2.64. The summed E-state index contributed by atoms with van der Waals surface area (Å²) in [7, 11) is 1.74. The molecule has 0 aromatic carbocycles. The molecule has 6 nitrogen and oxygen atoms in total. The van der Waals surface area contributed by atoms with Crippen LogP contribution in [0.15, 0.2) is 24.4 Å². The van der Waals surface area contributed by atoms with Gasteiger partial charge in [0.1, 0.15) is 0 Å². The van der Waals surface area contributed by atoms with Crippen LogP contribution in [-0.2, 0) is 17.8 Å². The molecule has 2 aliphatic rings. The molecule has 28 heavy (non-hydrogen) atoms. The Hall–Kier alpha value is -2.47. The molecule has 2 aromatic rings. The summed E-state index contributed by atoms with van der Waals surface area (Å²) in [6.45, 7) is 7.30. The van der Waals surface area contributed by atoms with Gasteiger partial charge in [0, 0.05) is 37.7 Å². The summed E-state index contributed by atoms with van der Waals surface area (Å²) in [5.41, 5.74) is 4.74. The van der Waals surface area contributed by atoms with E-state index < -0.39 is 0 Å². The fourth-order valence-corrected chi connectivity index (χ4v) is 4.37. The van der Waals surface area contributed by atoms with Crippen LogP contribution in [0.5, 0.6) is 5.75 Å². The standard InChI is InChI=1S/C22H28N4O2/c1-15-7-18(8-16(2)24-15)9-17-5-4-6-26(12-17)13-19-10-20-22(23-11-19)25(3)21(27)14-28-20/h7-8,10-11,17H,4-6,9,12-14H2,1-3H3/t17-/m1/s1. The lowest BCUT2D eigenvalue weighted by Crippen LogP contribution is -2.37. The predicted octanol–water partition coefficient (Wildman–Crippen LogP) is 2.90. The van der Waals surface area contributed by atoms with Gasteiger partial charge in [-0.2, -0.15) is 0 Å². The van der Waals surface area contributed by atoms with Crippen LogP contribution in [0.1, 0.15) is 35.4 Å². The molecular weight excluding hydrogens is 352 g/mol. The number of aromatic nitrogens is 2. The molecule has 0 aliphatic carbocycles. The summed E-state index contributed by atoms with van der Waals surface area (Å²) in [6, 6.07) is 6.47. The van der Waals surface area contributed by atoms with Gasteiger partial charge in [0.2, 0.25) is 0 Å². The van der Waals surface area contributed by atoms with Crippen molar-refractivity contribution in [3.05, 3.63) is 46.9 Å². The first-order chi connectivity index (χ1) is 13.5. The van der Waals surface area contributed by atoms with E-state index in [1.165, 1.54) is 18.4 Å². The van der Waals surface area contributed by atoms with Crippen LogP contribution in [-0.4, -0.2) is 47.5 Å². The van der Waals surface area contributed by atoms with Gasteiger partial charge in [-0.1, -0.05) is 0 Å². The van der Waals surface area contributed by atoms with E-state index in [1.54, 1.807) is 11.9 Å². The summed E-state index contributed by atoms with van der Waals surface area (Å²) in [5.74, 6) is 1.92. The SMILES string of the molecule is Cc1cc(C[C@H]2CCCN(Cc3cnc4c(c3)OCC(=O)N4C)C2)cc(C)n1. The number of fused-ring (bicyclic) bond motifs is 1. The first-order valence-electron chi connectivity index (χ1n) is 10.0. The van der Waals surface area contributed by atoms with Gasteiger partial charge in [-0.15, -0.1) is 0 Å². The largest absolute Gasteiger partial charge is 0.480 e. The fraction of sp³-hybridized carbons (Fsp3) is 0.500. The second-order valence-corrected chi connectivity index (χ2v) is 8.11. The summed E-state index contributed by atoms with van der Waals surface area (Å²) in [4.78, 5) is 24.8. The molecule has 6 heteroatoms. The Bertz CT molecular complexity index is 863. The molecule has 0 spiro atoms. The quantitative estimate of drug-likeness (QED) is 0.816. The maximum absolute atomic E-state index is 11.7. The van der Waals surface area contributed by atoms with Gasteiger partial charge < -0.3 is 4.74 Å². The van der Waals surface area contributed by atoms with E-state index in [2.05, 4.69) is 40.8 Å². The summed E-state index contributed by atoms with van der Waals surface area (Å²) < 4.78 is 5.58. The van der Waals surface area contributed by atoms with Crippen LogP contribution >= 0.6 is 0 Å². The van der Waals surface area contributed by atoms with E-state index in [0.29, 0.717) is 17.5 Å². The Balaban J connectivity index is 1.41. The Kier molecular flexibility index (Phi) is 5.31. The molecule has 0 saturated carbocycles. The van der Waals surface area contributed by atoms with Crippen molar-refractivity contribution in [1.29, 1.82) is 0 Å². The third kappa shape index (κ3) is 4.17. The van der Waals surface area contributed by atoms with Crippen LogP contribution in [0.3, 0.4) is 0 Å². The second kappa shape index (κ2) is 7.87. The van der Waals surface area contributed by atoms with Crippen LogP contribution < -0.4 is 9.64 Å². The number of carbonyl (C=O) groups excluding carboxylic acids is 1. The van der Waals surface area contributed by atoms with E-state index in [4.69, 9.17) is 4.74 Å². The lowest BCUT2D eigenvalue weighted by molar-refractivity contribution is -0.121. The first-order valence-corrected chi connectivity index (χ1v) is 10.0. The highest BCUT2D eigenvalue weighted by molar-refractivity contribution is 5.96. The number of nitrogens with zero attached hydrogens (tertiary/aromatic N) is 4. The molecule has 1 saturated heterocycles. The minimum atomic E-state index is -0.0618. The molecule has 1 atom stereocenters. The van der Waals surface area contributed by atoms with Crippen molar-refractivity contribution in [3.8, 4) is 5.75 Å². The number of rotatable bonds is 4. The lowest BCUT2D eigenvalue weighted by atomic mass is 9.91. The van der Waals surface area contributed by atoms with Crippen molar-refractivity contribution in [2.75, 3.05) is 31.6 Å². The number of likely N-dealkylation sites (tertiary alicyclic amines) is 1. The molecule has 148 valence electrons. The third-order valence-corrected chi connectivity index (χ3v) is 5.61. The topological polar surface area (TPSA) is 58.6 Å². The summed E-state index contributed by atoms with van der Waals surface area (Å²) in [5, 5.41) is 0. The smallest absolute Gasteiger partial charge is 0.265 e. The molecule has 0 bridgehead atoms. The predicted molar refractivity (Wildman–Crippen MR) is 109 cm³/mol. The van der Waals surface area contributed by atoms with Crippen molar-refractivity contribution in [3.63, 3.8) is 0 Å². The van der Waals surface area contributed by atoms with Gasteiger partial charge in [0.25, 0.3) is 5.91 Å². The molecule has 4 heterocycles. The molecule has 2 aromatic heterocycles. The van der Waals surface area contributed by atoms with Crippen molar-refractivity contribution in [1.82, 2.24) is 14.9 Å². The van der Waals surface area contributed by atoms with E-state index in [9.17, 15) is 4.79 Å². The molecular formula is C22H28N4O2. The zero-order valence-corrected chi connectivity index (χ0v) is 16.9. The maximum atomic E-state index is 11.7. The summed E-state index contributed by atoms with van der Waals surface area (Å²) >= 11 is 0. The maximum Gasteiger partial charge on any atom is 0.265 e. The lowest BCUT2D eigenvalue weighted by Gasteiger charge is -2.33. The van der Waals surface area contributed by atoms with Gasteiger partial charge in [-0.25, -0.2) is 4.98 Å². The molecule has 1 fully saturated rings. The minimum Gasteiger partial charge on any atom is -0.480 e. The molecule has 0 unspecified atom stereocenters. The number of hydrogen-bond acceptors (Lipinski definition) is 5. The van der Waals surface area contributed by atoms with E-state index in [-0.39, 0.29) is 12.5 Å². The number of pyridine rings is 2. The van der Waals surface area contributed by atoms with E-state index >= 15 is 0 Å². The number of aryl methyl sites for hydroxylation is 2. The minimum absolute atomic E-state index is 0.0618. The highest BCUT2D eigenvalue weighted by Crippen LogP contribution is 2.30. The zero-order valence-electron chi connectivity index (χ0n) is 16.9. The number of piperidine rings is 1. The first kappa shape index (κ1) is 18.9. The molecule has 1 amide bonds.